The van der Waals surface area contributed by atoms with Crippen molar-refractivity contribution >= 4 is 19.7 Å². The first kappa shape index (κ1) is 82.0. The van der Waals surface area contributed by atoms with Gasteiger partial charge in [-0.2, -0.15) is 0 Å². The van der Waals surface area contributed by atoms with E-state index in [0.717, 1.165) is 64.2 Å². The van der Waals surface area contributed by atoms with Crippen molar-refractivity contribution in [3.05, 3.63) is 48.6 Å². The van der Waals surface area contributed by atoms with E-state index in [1.54, 1.807) is 0 Å². The van der Waals surface area contributed by atoms with E-state index in [0.29, 0.717) is 23.9 Å². The number of phosphoric acid groups is 1. The summed E-state index contributed by atoms with van der Waals surface area (Å²) in [5, 5.41) is 3.08. The summed E-state index contributed by atoms with van der Waals surface area (Å²) in [6, 6.07) is -0.848. The van der Waals surface area contributed by atoms with Gasteiger partial charge in [0.25, 0.3) is 0 Å². The van der Waals surface area contributed by atoms with Crippen molar-refractivity contribution in [3.63, 3.8) is 0 Å². The molecule has 0 fully saturated rings. The van der Waals surface area contributed by atoms with E-state index in [1.165, 1.54) is 263 Å². The van der Waals surface area contributed by atoms with Gasteiger partial charge in [-0.3, -0.25) is 18.6 Å². The summed E-state index contributed by atoms with van der Waals surface area (Å²) in [5.41, 5.74) is 0. The van der Waals surface area contributed by atoms with E-state index < -0.39 is 20.0 Å². The first-order chi connectivity index (χ1) is 40.9. The number of phosphoric ester groups is 1. The second kappa shape index (κ2) is 64.0. The van der Waals surface area contributed by atoms with Crippen LogP contribution in [0.4, 0.5) is 0 Å². The molecule has 3 atom stereocenters. The number of amides is 1. The van der Waals surface area contributed by atoms with Crippen molar-refractivity contribution in [2.75, 3.05) is 40.9 Å². The van der Waals surface area contributed by atoms with Crippen molar-refractivity contribution in [3.8, 4) is 0 Å². The predicted molar refractivity (Wildman–Crippen MR) is 365 cm³/mol. The number of nitrogens with zero attached hydrogens (tertiary/aromatic N) is 1. The summed E-state index contributed by atoms with van der Waals surface area (Å²) < 4.78 is 30.8. The fourth-order valence-corrected chi connectivity index (χ4v) is 11.6. The number of likely N-dealkylation sites (N-methyl/N-ethyl adjacent to an activating group) is 1. The topological polar surface area (TPSA) is 111 Å². The molecule has 84 heavy (non-hydrogen) atoms. The van der Waals surface area contributed by atoms with Crippen LogP contribution in [0.3, 0.4) is 0 Å². The van der Waals surface area contributed by atoms with E-state index in [9.17, 15) is 19.0 Å². The van der Waals surface area contributed by atoms with Crippen molar-refractivity contribution in [2.24, 2.45) is 0 Å². The van der Waals surface area contributed by atoms with Gasteiger partial charge in [-0.1, -0.05) is 307 Å². The lowest BCUT2D eigenvalue weighted by atomic mass is 10.0. The van der Waals surface area contributed by atoms with E-state index in [1.807, 2.05) is 33.3 Å². The number of carbonyl (C=O) groups is 2. The molecule has 0 saturated carbocycles. The second-order valence-corrected chi connectivity index (χ2v) is 27.6. The highest BCUT2D eigenvalue weighted by molar-refractivity contribution is 7.47. The molecule has 9 nitrogen and oxygen atoms in total. The minimum atomic E-state index is -4.45. The third-order valence-corrected chi connectivity index (χ3v) is 17.5. The second-order valence-electron chi connectivity index (χ2n) is 26.1. The van der Waals surface area contributed by atoms with Crippen LogP contribution in [-0.4, -0.2) is 74.3 Å². The minimum absolute atomic E-state index is 0.0418. The third kappa shape index (κ3) is 64.4. The molecule has 0 aliphatic carbocycles. The van der Waals surface area contributed by atoms with Crippen LogP contribution in [-0.2, 0) is 27.9 Å². The SMILES string of the molecule is CCCCC/C=C\C/C=C\CCCCCCCCCCCCCCCCCCCC(=O)NC(COP(=O)(O)OCC[N+](C)(C)C)C(/C=C\CCCCCCCCCCCC)OC(=O)CCCCCCCCCCC/C=C/CCCCCCCC. The number of rotatable bonds is 67. The fraction of sp³-hybridized carbons (Fsp3) is 0.865. The maximum Gasteiger partial charge on any atom is 0.472 e. The van der Waals surface area contributed by atoms with E-state index in [4.69, 9.17) is 13.8 Å². The van der Waals surface area contributed by atoms with Crippen LogP contribution in [0.2, 0.25) is 0 Å². The first-order valence-corrected chi connectivity index (χ1v) is 38.0. The zero-order chi connectivity index (χ0) is 61.4. The number of ether oxygens (including phenoxy) is 1. The average Bonchev–Trinajstić information content (AvgIpc) is 3.64. The Morgan fingerprint density at radius 2 is 0.726 bits per heavy atom. The lowest BCUT2D eigenvalue weighted by molar-refractivity contribution is -0.870. The lowest BCUT2D eigenvalue weighted by Crippen LogP contribution is -2.47. The Kier molecular flexibility index (Phi) is 62.4. The summed E-state index contributed by atoms with van der Waals surface area (Å²) >= 11 is 0. The molecule has 3 unspecified atom stereocenters. The van der Waals surface area contributed by atoms with Gasteiger partial charge in [0.1, 0.15) is 19.3 Å². The van der Waals surface area contributed by atoms with E-state index in [2.05, 4.69) is 62.5 Å². The molecule has 0 bridgehead atoms. The molecule has 0 rings (SSSR count). The molecule has 0 aliphatic heterocycles. The Hall–Kier alpha value is -2.03. The molecular weight excluding hydrogens is 1060 g/mol. The Labute approximate surface area is 522 Å². The monoisotopic (exact) mass is 1200 g/mol. The number of hydrogen-bond donors (Lipinski definition) is 2. The maximum atomic E-state index is 13.6. The zero-order valence-electron chi connectivity index (χ0n) is 56.7. The number of hydrogen-bond acceptors (Lipinski definition) is 6. The summed E-state index contributed by atoms with van der Waals surface area (Å²) in [6.45, 7) is 7.04. The van der Waals surface area contributed by atoms with Crippen LogP contribution in [0.5, 0.6) is 0 Å². The molecule has 10 heteroatoms. The van der Waals surface area contributed by atoms with Crippen LogP contribution in [0.25, 0.3) is 0 Å². The summed E-state index contributed by atoms with van der Waals surface area (Å²) in [5.74, 6) is -0.490. The smallest absolute Gasteiger partial charge is 0.456 e. The first-order valence-electron chi connectivity index (χ1n) is 36.5. The molecular formula is C74H142N2O7P+. The number of carbonyl (C=O) groups excluding carboxylic acids is 2. The largest absolute Gasteiger partial charge is 0.472 e. The maximum absolute atomic E-state index is 13.6. The normalized spacial score (nSPS) is 13.8. The van der Waals surface area contributed by atoms with Crippen LogP contribution in [0.1, 0.15) is 361 Å². The molecule has 0 saturated heterocycles. The highest BCUT2D eigenvalue weighted by atomic mass is 31.2. The van der Waals surface area contributed by atoms with Gasteiger partial charge in [0.05, 0.1) is 33.8 Å². The lowest BCUT2D eigenvalue weighted by Gasteiger charge is -2.27. The molecule has 0 radical (unpaired) electrons. The quantitative estimate of drug-likeness (QED) is 0.0205. The van der Waals surface area contributed by atoms with E-state index >= 15 is 0 Å². The van der Waals surface area contributed by atoms with Gasteiger partial charge in [0.2, 0.25) is 5.91 Å². The Morgan fingerprint density at radius 3 is 1.11 bits per heavy atom. The standard InChI is InChI=1S/C74H141N2O7P/c1-7-10-13-16-19-22-25-28-30-32-34-35-36-37-38-39-40-41-43-44-46-48-51-54-57-60-63-66-73(77)75-71(70-82-84(79,80)81-69-68-76(4,5)6)72(65-62-59-56-53-50-27-24-21-18-15-12-9-3)83-74(78)67-64-61-58-55-52-49-47-45-42-33-31-29-26-23-20-17-14-11-8-2/h19,22,28-31,62,65,71-72H,7-18,20-21,23-27,32-61,63-64,66-70H2,1-6H3,(H-,75,77,79,80)/p+1/b22-19-,30-28-,31-29+,65-62-. The van der Waals surface area contributed by atoms with Crippen molar-refractivity contribution < 1.29 is 37.3 Å². The van der Waals surface area contributed by atoms with Gasteiger partial charge < -0.3 is 19.4 Å². The van der Waals surface area contributed by atoms with Gasteiger partial charge in [0.15, 0.2) is 0 Å². The number of esters is 1. The Balaban J connectivity index is 4.98. The molecule has 0 heterocycles. The van der Waals surface area contributed by atoms with Gasteiger partial charge >= 0.3 is 13.8 Å². The number of unbranched alkanes of at least 4 members (excludes halogenated alkanes) is 45. The van der Waals surface area contributed by atoms with Crippen molar-refractivity contribution in [1.29, 1.82) is 0 Å². The molecule has 0 aliphatic rings. The van der Waals surface area contributed by atoms with E-state index in [-0.39, 0.29) is 25.1 Å². The van der Waals surface area contributed by atoms with Crippen LogP contribution in [0.15, 0.2) is 48.6 Å². The predicted octanol–water partition coefficient (Wildman–Crippen LogP) is 23.2. The molecule has 0 spiro atoms. The average molecular weight is 1200 g/mol. The van der Waals surface area contributed by atoms with Crippen molar-refractivity contribution in [2.45, 2.75) is 373 Å². The van der Waals surface area contributed by atoms with Crippen LogP contribution in [0, 0.1) is 0 Å². The summed E-state index contributed by atoms with van der Waals surface area (Å²) in [6.07, 6.45) is 81.3. The zero-order valence-corrected chi connectivity index (χ0v) is 57.6. The fourth-order valence-electron chi connectivity index (χ4n) is 10.9. The summed E-state index contributed by atoms with van der Waals surface area (Å²) in [4.78, 5) is 37.9. The van der Waals surface area contributed by atoms with Gasteiger partial charge in [-0.15, -0.1) is 0 Å². The molecule has 0 aromatic heterocycles. The summed E-state index contributed by atoms with van der Waals surface area (Å²) in [7, 11) is 1.51. The molecule has 1 amide bonds. The molecule has 0 aromatic rings. The highest BCUT2D eigenvalue weighted by Crippen LogP contribution is 2.43. The molecule has 2 N–H and O–H groups in total. The van der Waals surface area contributed by atoms with Crippen LogP contribution >= 0.6 is 7.82 Å². The van der Waals surface area contributed by atoms with Crippen LogP contribution < -0.4 is 5.32 Å². The van der Waals surface area contributed by atoms with Gasteiger partial charge in [-0.05, 0) is 89.5 Å². The number of quaternary nitrogens is 1. The highest BCUT2D eigenvalue weighted by Gasteiger charge is 2.30. The van der Waals surface area contributed by atoms with Gasteiger partial charge in [0, 0.05) is 12.8 Å². The third-order valence-electron chi connectivity index (χ3n) is 16.5. The molecule has 494 valence electrons. The minimum Gasteiger partial charge on any atom is -0.456 e. The van der Waals surface area contributed by atoms with Crippen molar-refractivity contribution in [1.82, 2.24) is 5.32 Å². The number of allylic oxidation sites excluding steroid dienone is 7. The Bertz CT molecular complexity index is 1570. The molecule has 0 aromatic carbocycles. The number of nitrogens with one attached hydrogen (secondary N) is 1. The Morgan fingerprint density at radius 1 is 0.417 bits per heavy atom. The van der Waals surface area contributed by atoms with Gasteiger partial charge in [-0.25, -0.2) is 4.57 Å².